The largest absolute Gasteiger partial charge is 0.313 e. The molecule has 2 nitrogen and oxygen atoms in total. The van der Waals surface area contributed by atoms with Gasteiger partial charge in [0, 0.05) is 18.4 Å². The van der Waals surface area contributed by atoms with Crippen LogP contribution in [0.5, 0.6) is 0 Å². The molecule has 2 rings (SSSR count). The van der Waals surface area contributed by atoms with Gasteiger partial charge in [0.05, 0.1) is 0 Å². The van der Waals surface area contributed by atoms with Crippen molar-refractivity contribution in [1.82, 2.24) is 10.3 Å². The van der Waals surface area contributed by atoms with E-state index < -0.39 is 0 Å². The lowest BCUT2D eigenvalue weighted by atomic mass is 9.92. The standard InChI is InChI=1S/C17H22N2/c1-12-9-14(3)16(10-13(12)2)17(18-4)11-15-5-7-19-8-6-15/h5-10,17-18H,11H2,1-4H3. The lowest BCUT2D eigenvalue weighted by Crippen LogP contribution is -2.20. The van der Waals surface area contributed by atoms with Crippen molar-refractivity contribution >= 4 is 0 Å². The zero-order valence-electron chi connectivity index (χ0n) is 12.2. The molecule has 0 spiro atoms. The molecular weight excluding hydrogens is 232 g/mol. The van der Waals surface area contributed by atoms with Gasteiger partial charge in [-0.3, -0.25) is 4.98 Å². The Kier molecular flexibility index (Phi) is 4.33. The maximum atomic E-state index is 4.07. The molecule has 19 heavy (non-hydrogen) atoms. The van der Waals surface area contributed by atoms with E-state index in [4.69, 9.17) is 0 Å². The highest BCUT2D eigenvalue weighted by Gasteiger charge is 2.13. The van der Waals surface area contributed by atoms with Crippen LogP contribution in [0.1, 0.15) is 33.9 Å². The summed E-state index contributed by atoms with van der Waals surface area (Å²) in [5.74, 6) is 0. The summed E-state index contributed by atoms with van der Waals surface area (Å²) in [4.78, 5) is 4.07. The SMILES string of the molecule is CNC(Cc1ccncc1)c1cc(C)c(C)cc1C. The van der Waals surface area contributed by atoms with E-state index in [1.165, 1.54) is 27.8 Å². The first-order valence-corrected chi connectivity index (χ1v) is 6.75. The number of hydrogen-bond donors (Lipinski definition) is 1. The summed E-state index contributed by atoms with van der Waals surface area (Å²) in [7, 11) is 2.03. The lowest BCUT2D eigenvalue weighted by Gasteiger charge is -2.20. The second kappa shape index (κ2) is 5.98. The van der Waals surface area contributed by atoms with Crippen molar-refractivity contribution in [3.8, 4) is 0 Å². The summed E-state index contributed by atoms with van der Waals surface area (Å²) in [5, 5.41) is 3.43. The highest BCUT2D eigenvalue weighted by Crippen LogP contribution is 2.24. The third-order valence-electron chi connectivity index (χ3n) is 3.80. The number of aryl methyl sites for hydroxylation is 3. The van der Waals surface area contributed by atoms with Crippen LogP contribution in [0.3, 0.4) is 0 Å². The van der Waals surface area contributed by atoms with Crippen LogP contribution in [0.4, 0.5) is 0 Å². The maximum absolute atomic E-state index is 4.07. The van der Waals surface area contributed by atoms with Crippen molar-refractivity contribution in [2.75, 3.05) is 7.05 Å². The van der Waals surface area contributed by atoms with E-state index >= 15 is 0 Å². The fourth-order valence-corrected chi connectivity index (χ4v) is 2.48. The quantitative estimate of drug-likeness (QED) is 0.903. The van der Waals surface area contributed by atoms with Gasteiger partial charge in [-0.15, -0.1) is 0 Å². The molecule has 1 heterocycles. The average Bonchev–Trinajstić information content (AvgIpc) is 2.42. The summed E-state index contributed by atoms with van der Waals surface area (Å²) < 4.78 is 0. The summed E-state index contributed by atoms with van der Waals surface area (Å²) in [6.07, 6.45) is 4.70. The Hall–Kier alpha value is -1.67. The molecule has 2 heteroatoms. The Morgan fingerprint density at radius 3 is 2.26 bits per heavy atom. The Balaban J connectivity index is 2.30. The Morgan fingerprint density at radius 1 is 1.00 bits per heavy atom. The number of hydrogen-bond acceptors (Lipinski definition) is 2. The topological polar surface area (TPSA) is 24.9 Å². The van der Waals surface area contributed by atoms with Crippen LogP contribution in [0.15, 0.2) is 36.7 Å². The van der Waals surface area contributed by atoms with Gasteiger partial charge in [-0.05, 0) is 74.2 Å². The zero-order valence-corrected chi connectivity index (χ0v) is 12.2. The van der Waals surface area contributed by atoms with Crippen LogP contribution in [0.25, 0.3) is 0 Å². The number of nitrogens with one attached hydrogen (secondary N) is 1. The van der Waals surface area contributed by atoms with Crippen LogP contribution in [0.2, 0.25) is 0 Å². The van der Waals surface area contributed by atoms with Crippen molar-refractivity contribution in [2.45, 2.75) is 33.2 Å². The fourth-order valence-electron chi connectivity index (χ4n) is 2.48. The second-order valence-electron chi connectivity index (χ2n) is 5.19. The summed E-state index contributed by atoms with van der Waals surface area (Å²) >= 11 is 0. The number of benzene rings is 1. The van der Waals surface area contributed by atoms with Gasteiger partial charge in [0.25, 0.3) is 0 Å². The second-order valence-corrected chi connectivity index (χ2v) is 5.19. The number of aromatic nitrogens is 1. The van der Waals surface area contributed by atoms with Gasteiger partial charge in [0.2, 0.25) is 0 Å². The molecule has 1 unspecified atom stereocenters. The van der Waals surface area contributed by atoms with Crippen molar-refractivity contribution in [2.24, 2.45) is 0 Å². The van der Waals surface area contributed by atoms with Gasteiger partial charge in [-0.25, -0.2) is 0 Å². The molecule has 1 aromatic heterocycles. The number of rotatable bonds is 4. The molecule has 0 aliphatic heterocycles. The third-order valence-corrected chi connectivity index (χ3v) is 3.80. The number of nitrogens with zero attached hydrogens (tertiary/aromatic N) is 1. The van der Waals surface area contributed by atoms with E-state index in [1.54, 1.807) is 0 Å². The van der Waals surface area contributed by atoms with Crippen LogP contribution in [0, 0.1) is 20.8 Å². The smallest absolute Gasteiger partial charge is 0.0361 e. The van der Waals surface area contributed by atoms with Gasteiger partial charge >= 0.3 is 0 Å². The minimum atomic E-state index is 0.349. The summed E-state index contributed by atoms with van der Waals surface area (Å²) in [6, 6.07) is 9.11. The molecular formula is C17H22N2. The first-order chi connectivity index (χ1) is 9.11. The first kappa shape index (κ1) is 13.8. The molecule has 1 aromatic carbocycles. The molecule has 0 aliphatic carbocycles. The molecule has 0 saturated carbocycles. The van der Waals surface area contributed by atoms with E-state index in [0.717, 1.165) is 6.42 Å². The third kappa shape index (κ3) is 3.21. The van der Waals surface area contributed by atoms with Crippen LogP contribution in [-0.4, -0.2) is 12.0 Å². The predicted octanol–water partition coefficient (Wildman–Crippen LogP) is 3.51. The molecule has 0 bridgehead atoms. The van der Waals surface area contributed by atoms with Gasteiger partial charge in [-0.2, -0.15) is 0 Å². The number of likely N-dealkylation sites (N-methyl/N-ethyl adjacent to an activating group) is 1. The molecule has 0 saturated heterocycles. The molecule has 2 aromatic rings. The van der Waals surface area contributed by atoms with E-state index in [1.807, 2.05) is 19.4 Å². The fraction of sp³-hybridized carbons (Fsp3) is 0.353. The van der Waals surface area contributed by atoms with Gasteiger partial charge in [-0.1, -0.05) is 12.1 Å². The Bertz CT molecular complexity index is 547. The lowest BCUT2D eigenvalue weighted by molar-refractivity contribution is 0.588. The van der Waals surface area contributed by atoms with E-state index in [0.29, 0.717) is 6.04 Å². The molecule has 1 atom stereocenters. The minimum absolute atomic E-state index is 0.349. The van der Waals surface area contributed by atoms with Crippen molar-refractivity contribution in [3.05, 3.63) is 64.5 Å². The highest BCUT2D eigenvalue weighted by molar-refractivity contribution is 5.38. The van der Waals surface area contributed by atoms with Crippen molar-refractivity contribution in [1.29, 1.82) is 0 Å². The van der Waals surface area contributed by atoms with E-state index in [9.17, 15) is 0 Å². The van der Waals surface area contributed by atoms with Gasteiger partial charge < -0.3 is 5.32 Å². The predicted molar refractivity (Wildman–Crippen MR) is 80.4 cm³/mol. The van der Waals surface area contributed by atoms with E-state index in [2.05, 4.69) is 55.3 Å². The monoisotopic (exact) mass is 254 g/mol. The Labute approximate surface area is 115 Å². The normalized spacial score (nSPS) is 12.4. The van der Waals surface area contributed by atoms with Crippen molar-refractivity contribution < 1.29 is 0 Å². The molecule has 1 N–H and O–H groups in total. The molecule has 0 radical (unpaired) electrons. The summed E-state index contributed by atoms with van der Waals surface area (Å²) in [6.45, 7) is 6.54. The van der Waals surface area contributed by atoms with Crippen LogP contribution < -0.4 is 5.32 Å². The van der Waals surface area contributed by atoms with Crippen molar-refractivity contribution in [3.63, 3.8) is 0 Å². The van der Waals surface area contributed by atoms with Gasteiger partial charge in [0.15, 0.2) is 0 Å². The molecule has 0 aliphatic rings. The molecule has 0 amide bonds. The van der Waals surface area contributed by atoms with E-state index in [-0.39, 0.29) is 0 Å². The highest BCUT2D eigenvalue weighted by atomic mass is 14.9. The van der Waals surface area contributed by atoms with Gasteiger partial charge in [0.1, 0.15) is 0 Å². The minimum Gasteiger partial charge on any atom is -0.313 e. The maximum Gasteiger partial charge on any atom is 0.0361 e. The average molecular weight is 254 g/mol. The zero-order chi connectivity index (χ0) is 13.8. The first-order valence-electron chi connectivity index (χ1n) is 6.75. The molecule has 0 fully saturated rings. The Morgan fingerprint density at radius 2 is 1.63 bits per heavy atom. The van der Waals surface area contributed by atoms with Crippen LogP contribution in [-0.2, 0) is 6.42 Å². The van der Waals surface area contributed by atoms with Crippen LogP contribution >= 0.6 is 0 Å². The molecule has 100 valence electrons. The summed E-state index contributed by atoms with van der Waals surface area (Å²) in [5.41, 5.74) is 6.78. The number of pyridine rings is 1.